The Morgan fingerprint density at radius 3 is 1.31 bits per heavy atom. The van der Waals surface area contributed by atoms with Crippen molar-refractivity contribution < 1.29 is 31.1 Å². The summed E-state index contributed by atoms with van der Waals surface area (Å²) in [4.78, 5) is 29.6. The van der Waals surface area contributed by atoms with Gasteiger partial charge in [0.2, 0.25) is 0 Å². The van der Waals surface area contributed by atoms with Gasteiger partial charge >= 0.3 is 0 Å². The zero-order valence-corrected chi connectivity index (χ0v) is 75.6. The first-order valence-corrected chi connectivity index (χ1v) is 39.1. The summed E-state index contributed by atoms with van der Waals surface area (Å²) in [6, 6.07) is 7.93. The lowest BCUT2D eigenvalue weighted by atomic mass is 9.85. The summed E-state index contributed by atoms with van der Waals surface area (Å²) < 4.78 is 35.9. The van der Waals surface area contributed by atoms with E-state index in [0.29, 0.717) is 37.9 Å². The topological polar surface area (TPSA) is 206 Å². The van der Waals surface area contributed by atoms with Crippen molar-refractivity contribution in [2.75, 3.05) is 19.6 Å². The van der Waals surface area contributed by atoms with Crippen LogP contribution in [0, 0.1) is 88.8 Å². The molecule has 0 atom stereocenters. The molecular formula is C92H153N9O7. The highest BCUT2D eigenvalue weighted by Crippen LogP contribution is 2.31. The van der Waals surface area contributed by atoms with Crippen molar-refractivity contribution in [3.05, 3.63) is 166 Å². The van der Waals surface area contributed by atoms with E-state index in [1.54, 1.807) is 31.2 Å². The fraction of sp³-hybridized carbons (Fsp3) is 0.663. The Morgan fingerprint density at radius 2 is 0.935 bits per heavy atom. The monoisotopic (exact) mass is 1500 g/mol. The van der Waals surface area contributed by atoms with E-state index in [0.717, 1.165) is 153 Å². The Bertz CT molecular complexity index is 3440. The SMILES string of the molecule is CC(C)(C)CC1=NCC=C1.CC(C)(C)Cc1ccco1.CC(C)(C)Cc1cocn1.CC1=CCN=C1CC(C)(C)C.CC1=NCC(C)=C1CC(C)(C)C.Cc1cc(CC(C)(C)C)no1.Cc1cc(CC(C)(C)C)on1.Cc1cnc(CC(C)(C)C)o1.Cc1nc(CC(C)(C)C)co1.Cc1ncc(CC(C)(C)C)o1. The second kappa shape index (κ2) is 44.0. The molecule has 0 aromatic carbocycles. The lowest BCUT2D eigenvalue weighted by Crippen LogP contribution is -2.12. The average Bonchev–Trinajstić information content (AvgIpc) is 1.72. The largest absolute Gasteiger partial charge is 0.469 e. The number of hydrogen-bond donors (Lipinski definition) is 0. The molecule has 0 saturated heterocycles. The summed E-state index contributed by atoms with van der Waals surface area (Å²) in [7, 11) is 0. The van der Waals surface area contributed by atoms with Gasteiger partial charge < -0.3 is 31.1 Å². The van der Waals surface area contributed by atoms with Crippen LogP contribution < -0.4 is 0 Å². The zero-order chi connectivity index (χ0) is 83.1. The molecule has 16 heteroatoms. The molecule has 0 saturated carbocycles. The van der Waals surface area contributed by atoms with Gasteiger partial charge in [-0.3, -0.25) is 15.0 Å². The third-order valence-electron chi connectivity index (χ3n) is 14.8. The number of hydrogen-bond acceptors (Lipinski definition) is 16. The van der Waals surface area contributed by atoms with E-state index in [2.05, 4.69) is 292 Å². The average molecular weight is 1500 g/mol. The molecule has 0 spiro atoms. The predicted molar refractivity (Wildman–Crippen MR) is 454 cm³/mol. The van der Waals surface area contributed by atoms with E-state index in [-0.39, 0.29) is 16.2 Å². The highest BCUT2D eigenvalue weighted by molar-refractivity contribution is 6.01. The van der Waals surface area contributed by atoms with Crippen LogP contribution in [0.25, 0.3) is 0 Å². The summed E-state index contributed by atoms with van der Waals surface area (Å²) in [5, 5.41) is 7.75. The number of furan rings is 1. The molecule has 0 amide bonds. The molecule has 0 radical (unpaired) electrons. The Morgan fingerprint density at radius 1 is 0.407 bits per heavy atom. The van der Waals surface area contributed by atoms with Crippen LogP contribution in [0.1, 0.15) is 317 Å². The number of oxazole rings is 4. The fourth-order valence-electron chi connectivity index (χ4n) is 10.7. The molecule has 3 aliphatic rings. The molecule has 108 heavy (non-hydrogen) atoms. The highest BCUT2D eigenvalue weighted by Gasteiger charge is 2.23. The van der Waals surface area contributed by atoms with Crippen molar-refractivity contribution >= 4 is 17.1 Å². The van der Waals surface area contributed by atoms with Gasteiger partial charge in [-0.2, -0.15) is 0 Å². The van der Waals surface area contributed by atoms with Gasteiger partial charge in [0.25, 0.3) is 0 Å². The molecule has 0 bridgehead atoms. The lowest BCUT2D eigenvalue weighted by molar-refractivity contribution is 0.319. The Hall–Kier alpha value is -7.23. The normalized spacial score (nSPS) is 13.9. The van der Waals surface area contributed by atoms with Crippen molar-refractivity contribution in [1.82, 2.24) is 30.2 Å². The number of allylic oxidation sites excluding steroid dienone is 3. The summed E-state index contributed by atoms with van der Waals surface area (Å²) in [6.07, 6.45) is 26.8. The second-order valence-corrected chi connectivity index (χ2v) is 41.4. The van der Waals surface area contributed by atoms with Crippen LogP contribution in [0.15, 0.2) is 143 Å². The maximum Gasteiger partial charge on any atom is 0.194 e. The first-order valence-electron chi connectivity index (χ1n) is 39.1. The van der Waals surface area contributed by atoms with Crippen molar-refractivity contribution in [2.24, 2.45) is 69.1 Å². The van der Waals surface area contributed by atoms with Crippen LogP contribution >= 0.6 is 0 Å². The Kier molecular flexibility index (Phi) is 40.2. The summed E-state index contributed by atoms with van der Waals surface area (Å²) in [5.41, 5.74) is 15.4. The van der Waals surface area contributed by atoms with Gasteiger partial charge in [0.15, 0.2) is 24.1 Å². The molecule has 3 aliphatic heterocycles. The molecule has 608 valence electrons. The second-order valence-electron chi connectivity index (χ2n) is 41.4. The molecule has 0 fully saturated rings. The molecule has 0 unspecified atom stereocenters. The fourth-order valence-corrected chi connectivity index (χ4v) is 10.7. The maximum absolute atomic E-state index is 5.35. The van der Waals surface area contributed by atoms with Gasteiger partial charge in [-0.15, -0.1) is 0 Å². The summed E-state index contributed by atoms with van der Waals surface area (Å²) in [5.74, 6) is 7.18. The molecule has 0 aliphatic carbocycles. The molecule has 7 aromatic heterocycles. The van der Waals surface area contributed by atoms with E-state index in [4.69, 9.17) is 31.1 Å². The molecule has 10 rings (SSSR count). The van der Waals surface area contributed by atoms with Gasteiger partial charge in [-0.05, 0) is 169 Å². The van der Waals surface area contributed by atoms with Crippen LogP contribution in [0.5, 0.6) is 0 Å². The Labute approximate surface area is 657 Å². The van der Waals surface area contributed by atoms with Crippen LogP contribution in [0.3, 0.4) is 0 Å². The van der Waals surface area contributed by atoms with Gasteiger partial charge in [0.1, 0.15) is 41.3 Å². The van der Waals surface area contributed by atoms with Crippen LogP contribution in [0.2, 0.25) is 0 Å². The minimum absolute atomic E-state index is 0.261. The van der Waals surface area contributed by atoms with Crippen LogP contribution in [0.4, 0.5) is 0 Å². The summed E-state index contributed by atoms with van der Waals surface area (Å²) in [6.45, 7) is 84.9. The molecule has 16 nitrogen and oxygen atoms in total. The van der Waals surface area contributed by atoms with E-state index in [9.17, 15) is 0 Å². The zero-order valence-electron chi connectivity index (χ0n) is 75.6. The minimum Gasteiger partial charge on any atom is -0.469 e. The quantitative estimate of drug-likeness (QED) is 0.125. The van der Waals surface area contributed by atoms with Crippen molar-refractivity contribution in [1.29, 1.82) is 0 Å². The third-order valence-corrected chi connectivity index (χ3v) is 14.8. The number of nitrogens with zero attached hydrogens (tertiary/aromatic N) is 9. The molecule has 10 heterocycles. The smallest absolute Gasteiger partial charge is 0.194 e. The standard InChI is InChI=1S/C11H19N.C10H17N.5C9H15NO.C9H15N.C9H14O.C8H13NO/c1-8-7-12-9(2)10(8)6-11(3,4)5;1-8-5-6-11-9(8)7-10(2,3)4;1-7-10-8(6-11-7)5-9(2,3)4;1-7-10-6-8(11-7)5-9(2,3)4;1-7-6-10-8(11-7)5-9(2,3)4;1-7-5-8(10-11-7)6-9(2,3)4;1-7-5-8(11-10-7)6-9(2,3)4;2*1-9(2,3)7-8-5-4-6-10-8;1-8(2,3)4-7-5-10-6-9-7/h6-7H2,1-5H3;5H,6-7H2,1-4H3;3*6H,5H2,1-4H3;2*5H,6H2,1-4H3;4-5H,6-7H2,1-3H3;4-6H,7H2,1-3H3;5-6H,4H2,1-3H3. The maximum atomic E-state index is 5.35. The lowest BCUT2D eigenvalue weighted by Gasteiger charge is -2.19. The highest BCUT2D eigenvalue weighted by atomic mass is 16.5. The van der Waals surface area contributed by atoms with Crippen molar-refractivity contribution in [3.8, 4) is 0 Å². The molecule has 7 aromatic rings. The number of aliphatic imine (C=N–C) groups is 3. The summed E-state index contributed by atoms with van der Waals surface area (Å²) >= 11 is 0. The first kappa shape index (κ1) is 98.8. The molecule has 0 N–H and O–H groups in total. The predicted octanol–water partition coefficient (Wildman–Crippen LogP) is 26.5. The third kappa shape index (κ3) is 54.4. The van der Waals surface area contributed by atoms with E-state index in [1.807, 2.05) is 58.9 Å². The van der Waals surface area contributed by atoms with Crippen LogP contribution in [-0.4, -0.2) is 67.0 Å². The van der Waals surface area contributed by atoms with Gasteiger partial charge in [-0.1, -0.05) is 230 Å². The minimum atomic E-state index is 0.261. The van der Waals surface area contributed by atoms with Crippen molar-refractivity contribution in [3.63, 3.8) is 0 Å². The number of aromatic nitrogens is 6. The van der Waals surface area contributed by atoms with E-state index >= 15 is 0 Å². The van der Waals surface area contributed by atoms with Gasteiger partial charge in [0, 0.05) is 68.8 Å². The first-order chi connectivity index (χ1) is 49.0. The Balaban J connectivity index is 0.000000600. The van der Waals surface area contributed by atoms with E-state index < -0.39 is 0 Å². The van der Waals surface area contributed by atoms with Gasteiger partial charge in [0.05, 0.1) is 61.1 Å². The van der Waals surface area contributed by atoms with Crippen molar-refractivity contribution in [2.45, 2.75) is 327 Å². The van der Waals surface area contributed by atoms with E-state index in [1.165, 1.54) is 40.2 Å². The molecular weight excluding hydrogens is 1340 g/mol. The number of aryl methyl sites for hydroxylation is 5. The van der Waals surface area contributed by atoms with Crippen LogP contribution in [-0.2, 0) is 44.9 Å². The van der Waals surface area contributed by atoms with Gasteiger partial charge in [-0.25, -0.2) is 19.9 Å². The number of rotatable bonds is 10.